The molecular weight excluding hydrogens is 180 g/mol. The lowest BCUT2D eigenvalue weighted by atomic mass is 9.97. The van der Waals surface area contributed by atoms with Gasteiger partial charge in [-0.25, -0.2) is 0 Å². The zero-order valence-corrected chi connectivity index (χ0v) is 8.14. The fraction of sp³-hybridized carbons (Fsp3) is 0.400. The average molecular weight is 194 g/mol. The molecule has 76 valence electrons. The Morgan fingerprint density at radius 3 is 2.86 bits per heavy atom. The second kappa shape index (κ2) is 4.72. The van der Waals surface area contributed by atoms with Gasteiger partial charge in [-0.1, -0.05) is 19.1 Å². The van der Waals surface area contributed by atoms with Gasteiger partial charge in [0.15, 0.2) is 0 Å². The molecule has 1 rings (SSSR count). The minimum Gasteiger partial charge on any atom is -0.330 e. The van der Waals surface area contributed by atoms with Crippen LogP contribution in [0.2, 0.25) is 0 Å². The fourth-order valence-electron chi connectivity index (χ4n) is 1.36. The molecule has 0 aliphatic rings. The van der Waals surface area contributed by atoms with E-state index in [0.29, 0.717) is 6.54 Å². The van der Waals surface area contributed by atoms with Gasteiger partial charge in [-0.3, -0.25) is 10.1 Å². The van der Waals surface area contributed by atoms with E-state index < -0.39 is 0 Å². The lowest BCUT2D eigenvalue weighted by molar-refractivity contribution is -0.384. The van der Waals surface area contributed by atoms with E-state index in [1.165, 1.54) is 6.07 Å². The molecule has 1 aromatic carbocycles. The van der Waals surface area contributed by atoms with Crippen molar-refractivity contribution in [3.8, 4) is 0 Å². The Kier molecular flexibility index (Phi) is 3.59. The van der Waals surface area contributed by atoms with Crippen LogP contribution in [0.4, 0.5) is 5.69 Å². The number of nitrogens with zero attached hydrogens (tertiary/aromatic N) is 1. The van der Waals surface area contributed by atoms with Gasteiger partial charge in [0.1, 0.15) is 0 Å². The van der Waals surface area contributed by atoms with Gasteiger partial charge >= 0.3 is 0 Å². The second-order valence-corrected chi connectivity index (χ2v) is 3.33. The maximum absolute atomic E-state index is 10.5. The van der Waals surface area contributed by atoms with Crippen LogP contribution in [-0.2, 0) is 0 Å². The highest BCUT2D eigenvalue weighted by Crippen LogP contribution is 2.22. The first kappa shape index (κ1) is 10.7. The fourth-order valence-corrected chi connectivity index (χ4v) is 1.36. The van der Waals surface area contributed by atoms with Crippen LogP contribution < -0.4 is 5.73 Å². The topological polar surface area (TPSA) is 69.2 Å². The highest BCUT2D eigenvalue weighted by molar-refractivity contribution is 5.35. The van der Waals surface area contributed by atoms with Gasteiger partial charge < -0.3 is 5.73 Å². The zero-order chi connectivity index (χ0) is 10.6. The number of hydrogen-bond donors (Lipinski definition) is 1. The van der Waals surface area contributed by atoms with Gasteiger partial charge in [0, 0.05) is 12.1 Å². The molecule has 2 N–H and O–H groups in total. The Morgan fingerprint density at radius 2 is 2.29 bits per heavy atom. The van der Waals surface area contributed by atoms with Crippen LogP contribution in [0.1, 0.15) is 24.8 Å². The van der Waals surface area contributed by atoms with E-state index >= 15 is 0 Å². The first-order chi connectivity index (χ1) is 6.65. The van der Waals surface area contributed by atoms with E-state index in [4.69, 9.17) is 5.73 Å². The normalized spacial score (nSPS) is 12.4. The third kappa shape index (κ3) is 2.53. The second-order valence-electron chi connectivity index (χ2n) is 3.33. The van der Waals surface area contributed by atoms with Crippen LogP contribution >= 0.6 is 0 Å². The van der Waals surface area contributed by atoms with Crippen molar-refractivity contribution in [2.45, 2.75) is 19.3 Å². The summed E-state index contributed by atoms with van der Waals surface area (Å²) in [6, 6.07) is 6.72. The first-order valence-electron chi connectivity index (χ1n) is 4.59. The van der Waals surface area contributed by atoms with Crippen molar-refractivity contribution in [3.63, 3.8) is 0 Å². The van der Waals surface area contributed by atoms with E-state index in [-0.39, 0.29) is 16.5 Å². The molecule has 0 saturated heterocycles. The predicted molar refractivity (Wildman–Crippen MR) is 55.2 cm³/mol. The lowest BCUT2D eigenvalue weighted by Crippen LogP contribution is -2.04. The van der Waals surface area contributed by atoms with Gasteiger partial charge in [0.2, 0.25) is 0 Å². The Labute approximate surface area is 82.9 Å². The molecule has 0 saturated carbocycles. The van der Waals surface area contributed by atoms with Crippen LogP contribution in [0.25, 0.3) is 0 Å². The summed E-state index contributed by atoms with van der Waals surface area (Å²) in [5.41, 5.74) is 6.55. The summed E-state index contributed by atoms with van der Waals surface area (Å²) in [6.45, 7) is 2.62. The largest absolute Gasteiger partial charge is 0.330 e. The lowest BCUT2D eigenvalue weighted by Gasteiger charge is -2.09. The number of hydrogen-bond acceptors (Lipinski definition) is 3. The van der Waals surface area contributed by atoms with Crippen LogP contribution in [-0.4, -0.2) is 11.5 Å². The number of nitro groups is 1. The van der Waals surface area contributed by atoms with Crippen molar-refractivity contribution in [2.24, 2.45) is 5.73 Å². The summed E-state index contributed by atoms with van der Waals surface area (Å²) in [4.78, 5) is 10.1. The summed E-state index contributed by atoms with van der Waals surface area (Å²) in [7, 11) is 0. The Balaban J connectivity index is 2.87. The van der Waals surface area contributed by atoms with E-state index in [9.17, 15) is 10.1 Å². The van der Waals surface area contributed by atoms with Crippen molar-refractivity contribution >= 4 is 5.69 Å². The molecule has 0 aliphatic heterocycles. The molecule has 0 bridgehead atoms. The van der Waals surface area contributed by atoms with Crippen LogP contribution in [0.3, 0.4) is 0 Å². The van der Waals surface area contributed by atoms with E-state index in [1.807, 2.05) is 13.0 Å². The van der Waals surface area contributed by atoms with E-state index in [0.717, 1.165) is 12.0 Å². The zero-order valence-electron chi connectivity index (χ0n) is 8.14. The van der Waals surface area contributed by atoms with Gasteiger partial charge in [-0.05, 0) is 24.4 Å². The van der Waals surface area contributed by atoms with Crippen molar-refractivity contribution in [2.75, 3.05) is 6.54 Å². The smallest absolute Gasteiger partial charge is 0.269 e. The highest BCUT2D eigenvalue weighted by Gasteiger charge is 2.09. The molecule has 0 fully saturated rings. The van der Waals surface area contributed by atoms with Gasteiger partial charge in [0.05, 0.1) is 4.92 Å². The SMILES string of the molecule is CC(CCN)c1cccc([N+](=O)[O-])c1. The van der Waals surface area contributed by atoms with Crippen molar-refractivity contribution in [1.82, 2.24) is 0 Å². The molecule has 0 aromatic heterocycles. The summed E-state index contributed by atoms with van der Waals surface area (Å²) in [5, 5.41) is 10.5. The van der Waals surface area contributed by atoms with Gasteiger partial charge in [-0.2, -0.15) is 0 Å². The third-order valence-electron chi connectivity index (χ3n) is 2.25. The number of rotatable bonds is 4. The molecular formula is C10H14N2O2. The average Bonchev–Trinajstić information content (AvgIpc) is 2.18. The quantitative estimate of drug-likeness (QED) is 0.589. The monoisotopic (exact) mass is 194 g/mol. The maximum atomic E-state index is 10.5. The maximum Gasteiger partial charge on any atom is 0.269 e. The summed E-state index contributed by atoms with van der Waals surface area (Å²) < 4.78 is 0. The molecule has 0 radical (unpaired) electrons. The van der Waals surface area contributed by atoms with Crippen molar-refractivity contribution in [3.05, 3.63) is 39.9 Å². The molecule has 1 atom stereocenters. The van der Waals surface area contributed by atoms with E-state index in [1.54, 1.807) is 12.1 Å². The predicted octanol–water partition coefficient (Wildman–Crippen LogP) is 2.05. The molecule has 0 amide bonds. The minimum atomic E-state index is -0.376. The summed E-state index contributed by atoms with van der Waals surface area (Å²) >= 11 is 0. The van der Waals surface area contributed by atoms with Crippen LogP contribution in [0.5, 0.6) is 0 Å². The molecule has 14 heavy (non-hydrogen) atoms. The number of benzene rings is 1. The summed E-state index contributed by atoms with van der Waals surface area (Å²) in [6.07, 6.45) is 0.848. The highest BCUT2D eigenvalue weighted by atomic mass is 16.6. The van der Waals surface area contributed by atoms with Gasteiger partial charge in [0.25, 0.3) is 5.69 Å². The van der Waals surface area contributed by atoms with Gasteiger partial charge in [-0.15, -0.1) is 0 Å². The third-order valence-corrected chi connectivity index (χ3v) is 2.25. The molecule has 1 unspecified atom stereocenters. The Morgan fingerprint density at radius 1 is 1.57 bits per heavy atom. The number of non-ortho nitro benzene ring substituents is 1. The number of nitrogens with two attached hydrogens (primary N) is 1. The molecule has 0 heterocycles. The number of nitro benzene ring substituents is 1. The van der Waals surface area contributed by atoms with Crippen LogP contribution in [0.15, 0.2) is 24.3 Å². The standard InChI is InChI=1S/C10H14N2O2/c1-8(5-6-11)9-3-2-4-10(7-9)12(13)14/h2-4,7-8H,5-6,11H2,1H3. The Hall–Kier alpha value is -1.42. The first-order valence-corrected chi connectivity index (χ1v) is 4.59. The van der Waals surface area contributed by atoms with E-state index in [2.05, 4.69) is 0 Å². The molecule has 4 heteroatoms. The molecule has 0 spiro atoms. The van der Waals surface area contributed by atoms with Crippen molar-refractivity contribution in [1.29, 1.82) is 0 Å². The molecule has 1 aromatic rings. The molecule has 4 nitrogen and oxygen atoms in total. The minimum absolute atomic E-state index is 0.145. The Bertz CT molecular complexity index is 326. The summed E-state index contributed by atoms with van der Waals surface area (Å²) in [5.74, 6) is 0.278. The molecule has 0 aliphatic carbocycles. The van der Waals surface area contributed by atoms with Crippen molar-refractivity contribution < 1.29 is 4.92 Å². The van der Waals surface area contributed by atoms with Crippen LogP contribution in [0, 0.1) is 10.1 Å².